The Kier molecular flexibility index (Phi) is 4.07. The van der Waals surface area contributed by atoms with Crippen molar-refractivity contribution in [3.63, 3.8) is 0 Å². The fourth-order valence-electron chi connectivity index (χ4n) is 1.18. The molecule has 76 valence electrons. The summed E-state index contributed by atoms with van der Waals surface area (Å²) < 4.78 is 1.83. The molecule has 0 amide bonds. The molecule has 1 rings (SSSR count). The molecule has 1 aromatic rings. The summed E-state index contributed by atoms with van der Waals surface area (Å²) in [7, 11) is 0. The molecule has 0 aromatic carbocycles. The van der Waals surface area contributed by atoms with E-state index >= 15 is 0 Å². The van der Waals surface area contributed by atoms with E-state index in [1.54, 1.807) is 18.5 Å². The van der Waals surface area contributed by atoms with Crippen LogP contribution in [0.5, 0.6) is 0 Å². The van der Waals surface area contributed by atoms with Crippen molar-refractivity contribution in [1.29, 1.82) is 0 Å². The summed E-state index contributed by atoms with van der Waals surface area (Å²) in [5.74, 6) is 0.530. The molecular formula is C10H15N3O. The van der Waals surface area contributed by atoms with E-state index in [-0.39, 0.29) is 5.78 Å². The molecule has 4 nitrogen and oxygen atoms in total. The number of aromatic nitrogens is 2. The van der Waals surface area contributed by atoms with Crippen molar-refractivity contribution in [3.05, 3.63) is 30.9 Å². The molecular weight excluding hydrogens is 178 g/mol. The van der Waals surface area contributed by atoms with Gasteiger partial charge < -0.3 is 9.88 Å². The third-order valence-electron chi connectivity index (χ3n) is 1.88. The highest BCUT2D eigenvalue weighted by Crippen LogP contribution is 1.97. The summed E-state index contributed by atoms with van der Waals surface area (Å²) in [6, 6.07) is 0. The van der Waals surface area contributed by atoms with E-state index in [1.807, 2.05) is 11.5 Å². The van der Waals surface area contributed by atoms with Gasteiger partial charge in [0, 0.05) is 25.5 Å². The van der Waals surface area contributed by atoms with Gasteiger partial charge >= 0.3 is 0 Å². The summed E-state index contributed by atoms with van der Waals surface area (Å²) in [6.45, 7) is 7.25. The molecule has 1 aromatic heterocycles. The van der Waals surface area contributed by atoms with Crippen molar-refractivity contribution in [2.45, 2.75) is 13.5 Å². The fraction of sp³-hybridized carbons (Fsp3) is 0.400. The van der Waals surface area contributed by atoms with Crippen LogP contribution in [0.15, 0.2) is 25.0 Å². The van der Waals surface area contributed by atoms with Gasteiger partial charge in [0.05, 0.1) is 6.54 Å². The first kappa shape index (κ1) is 10.7. The molecule has 14 heavy (non-hydrogen) atoms. The zero-order chi connectivity index (χ0) is 10.4. The van der Waals surface area contributed by atoms with Crippen LogP contribution in [0.2, 0.25) is 0 Å². The molecule has 1 heterocycles. The molecule has 1 N–H and O–H groups in total. The molecule has 0 aliphatic rings. The molecule has 0 fully saturated rings. The smallest absolute Gasteiger partial charge is 0.211 e. The number of rotatable bonds is 6. The monoisotopic (exact) mass is 193 g/mol. The molecule has 4 heteroatoms. The van der Waals surface area contributed by atoms with Crippen molar-refractivity contribution in [1.82, 2.24) is 14.9 Å². The lowest BCUT2D eigenvalue weighted by molar-refractivity contribution is 0.0978. The van der Waals surface area contributed by atoms with Gasteiger partial charge in [-0.3, -0.25) is 4.79 Å². The summed E-state index contributed by atoms with van der Waals surface area (Å²) in [5.41, 5.74) is 0. The van der Waals surface area contributed by atoms with Crippen LogP contribution in [0.3, 0.4) is 0 Å². The van der Waals surface area contributed by atoms with Crippen molar-refractivity contribution < 1.29 is 4.79 Å². The first-order valence-electron chi connectivity index (χ1n) is 4.65. The maximum atomic E-state index is 11.6. The number of hydrogen-bond acceptors (Lipinski definition) is 3. The highest BCUT2D eigenvalue weighted by molar-refractivity contribution is 5.94. The third-order valence-corrected chi connectivity index (χ3v) is 1.88. The zero-order valence-corrected chi connectivity index (χ0v) is 8.36. The van der Waals surface area contributed by atoms with E-state index in [0.717, 1.165) is 6.54 Å². The SMILES string of the molecule is C=CCNCC(=O)c1nccn1CC. The van der Waals surface area contributed by atoms with E-state index < -0.39 is 0 Å². The van der Waals surface area contributed by atoms with Crippen molar-refractivity contribution in [3.8, 4) is 0 Å². The van der Waals surface area contributed by atoms with Gasteiger partial charge in [0.1, 0.15) is 0 Å². The standard InChI is InChI=1S/C10H15N3O/c1-3-5-11-8-9(14)10-12-6-7-13(10)4-2/h3,6-7,11H,1,4-5,8H2,2H3. The minimum Gasteiger partial charge on any atom is -0.329 e. The minimum atomic E-state index is 0.0127. The maximum absolute atomic E-state index is 11.6. The summed E-state index contributed by atoms with van der Waals surface area (Å²) in [5, 5.41) is 2.95. The Hall–Kier alpha value is -1.42. The van der Waals surface area contributed by atoms with Gasteiger partial charge in [0.2, 0.25) is 5.78 Å². The van der Waals surface area contributed by atoms with Crippen molar-refractivity contribution >= 4 is 5.78 Å². The normalized spacial score (nSPS) is 10.1. The summed E-state index contributed by atoms with van der Waals surface area (Å²) >= 11 is 0. The van der Waals surface area contributed by atoms with Gasteiger partial charge in [-0.1, -0.05) is 6.08 Å². The molecule has 0 unspecified atom stereocenters. The lowest BCUT2D eigenvalue weighted by atomic mass is 10.3. The van der Waals surface area contributed by atoms with Gasteiger partial charge in [-0.15, -0.1) is 6.58 Å². The van der Waals surface area contributed by atoms with E-state index in [1.165, 1.54) is 0 Å². The number of ketones is 1. The number of imidazole rings is 1. The Morgan fingerprint density at radius 3 is 3.21 bits per heavy atom. The fourth-order valence-corrected chi connectivity index (χ4v) is 1.18. The van der Waals surface area contributed by atoms with Crippen LogP contribution < -0.4 is 5.32 Å². The van der Waals surface area contributed by atoms with Crippen LogP contribution in [0.1, 0.15) is 17.5 Å². The highest BCUT2D eigenvalue weighted by Gasteiger charge is 2.10. The van der Waals surface area contributed by atoms with Crippen LogP contribution in [-0.4, -0.2) is 28.4 Å². The van der Waals surface area contributed by atoms with Crippen LogP contribution >= 0.6 is 0 Å². The predicted octanol–water partition coefficient (Wildman–Crippen LogP) is 0.861. The molecule has 0 saturated heterocycles. The van der Waals surface area contributed by atoms with Gasteiger partial charge in [0.25, 0.3) is 0 Å². The second-order valence-electron chi connectivity index (χ2n) is 2.88. The largest absolute Gasteiger partial charge is 0.329 e. The van der Waals surface area contributed by atoms with Crippen LogP contribution in [0.4, 0.5) is 0 Å². The Labute approximate surface area is 83.6 Å². The first-order chi connectivity index (χ1) is 6.79. The number of Topliss-reactive ketones (excluding diaryl/α,β-unsaturated/α-hetero) is 1. The second kappa shape index (κ2) is 5.34. The van der Waals surface area contributed by atoms with E-state index in [4.69, 9.17) is 0 Å². The predicted molar refractivity (Wildman–Crippen MR) is 55.3 cm³/mol. The summed E-state index contributed by atoms with van der Waals surface area (Å²) in [6.07, 6.45) is 5.17. The molecule has 0 aliphatic carbocycles. The molecule has 0 atom stereocenters. The number of carbonyl (C=O) groups excluding carboxylic acids is 1. The van der Waals surface area contributed by atoms with Crippen LogP contribution in [0.25, 0.3) is 0 Å². The Bertz CT molecular complexity index is 317. The van der Waals surface area contributed by atoms with Gasteiger partial charge in [0.15, 0.2) is 5.82 Å². The van der Waals surface area contributed by atoms with Crippen LogP contribution in [0, 0.1) is 0 Å². The van der Waals surface area contributed by atoms with Gasteiger partial charge in [-0.05, 0) is 6.92 Å². The Morgan fingerprint density at radius 1 is 1.79 bits per heavy atom. The number of nitrogens with one attached hydrogen (secondary N) is 1. The van der Waals surface area contributed by atoms with Crippen LogP contribution in [-0.2, 0) is 6.54 Å². The topological polar surface area (TPSA) is 46.9 Å². The van der Waals surface area contributed by atoms with Crippen molar-refractivity contribution in [2.24, 2.45) is 0 Å². The second-order valence-corrected chi connectivity index (χ2v) is 2.88. The van der Waals surface area contributed by atoms with E-state index in [0.29, 0.717) is 18.9 Å². The Morgan fingerprint density at radius 2 is 2.57 bits per heavy atom. The van der Waals surface area contributed by atoms with Gasteiger partial charge in [-0.25, -0.2) is 4.98 Å². The maximum Gasteiger partial charge on any atom is 0.211 e. The van der Waals surface area contributed by atoms with E-state index in [2.05, 4.69) is 16.9 Å². The van der Waals surface area contributed by atoms with Crippen molar-refractivity contribution in [2.75, 3.05) is 13.1 Å². The van der Waals surface area contributed by atoms with E-state index in [9.17, 15) is 4.79 Å². The third kappa shape index (κ3) is 2.53. The molecule has 0 saturated carbocycles. The average Bonchev–Trinajstić information content (AvgIpc) is 2.65. The number of aryl methyl sites for hydroxylation is 1. The quantitative estimate of drug-likeness (QED) is 0.414. The molecule has 0 bridgehead atoms. The Balaban J connectivity index is 2.55. The lowest BCUT2D eigenvalue weighted by Crippen LogP contribution is -2.25. The highest BCUT2D eigenvalue weighted by atomic mass is 16.1. The minimum absolute atomic E-state index is 0.0127. The molecule has 0 radical (unpaired) electrons. The zero-order valence-electron chi connectivity index (χ0n) is 8.36. The molecule has 0 spiro atoms. The number of carbonyl (C=O) groups is 1. The lowest BCUT2D eigenvalue weighted by Gasteiger charge is -2.03. The van der Waals surface area contributed by atoms with Gasteiger partial charge in [-0.2, -0.15) is 0 Å². The average molecular weight is 193 g/mol. The first-order valence-corrected chi connectivity index (χ1v) is 4.65. The number of hydrogen-bond donors (Lipinski definition) is 1. The summed E-state index contributed by atoms with van der Waals surface area (Å²) in [4.78, 5) is 15.6. The molecule has 0 aliphatic heterocycles. The number of nitrogens with zero attached hydrogens (tertiary/aromatic N) is 2.